The molecular weight excluding hydrogens is 294 g/mol. The van der Waals surface area contributed by atoms with E-state index in [-0.39, 0.29) is 0 Å². The van der Waals surface area contributed by atoms with Crippen LogP contribution in [0.15, 0.2) is 72.8 Å². The Morgan fingerprint density at radius 1 is 0.917 bits per heavy atom. The molecule has 0 fully saturated rings. The first-order valence-corrected chi connectivity index (χ1v) is 8.54. The molecule has 0 aromatic heterocycles. The third kappa shape index (κ3) is 2.03. The van der Waals surface area contributed by atoms with Crippen LogP contribution in [0.5, 0.6) is 5.75 Å². The van der Waals surface area contributed by atoms with E-state index in [0.717, 1.165) is 12.1 Å². The van der Waals surface area contributed by atoms with Crippen molar-refractivity contribution in [2.24, 2.45) is 5.92 Å². The van der Waals surface area contributed by atoms with E-state index in [1.807, 2.05) is 12.1 Å². The Morgan fingerprint density at radius 3 is 2.71 bits per heavy atom. The van der Waals surface area contributed by atoms with Crippen LogP contribution in [0.1, 0.15) is 29.5 Å². The largest absolute Gasteiger partial charge is 0.508 e. The third-order valence-corrected chi connectivity index (χ3v) is 5.48. The van der Waals surface area contributed by atoms with Gasteiger partial charge in [0, 0.05) is 11.6 Å². The lowest BCUT2D eigenvalue weighted by atomic mass is 9.77. The Balaban J connectivity index is 1.61. The molecule has 1 aliphatic carbocycles. The molecule has 2 heteroatoms. The van der Waals surface area contributed by atoms with Crippen LogP contribution in [0.4, 0.5) is 5.69 Å². The van der Waals surface area contributed by atoms with Crippen LogP contribution >= 0.6 is 0 Å². The van der Waals surface area contributed by atoms with Gasteiger partial charge in [-0.05, 0) is 58.5 Å². The van der Waals surface area contributed by atoms with E-state index in [2.05, 4.69) is 59.9 Å². The monoisotopic (exact) mass is 313 g/mol. The average molecular weight is 313 g/mol. The second-order valence-electron chi connectivity index (χ2n) is 6.85. The van der Waals surface area contributed by atoms with Gasteiger partial charge in [0.05, 0.1) is 6.04 Å². The number of anilines is 1. The predicted octanol–water partition coefficient (Wildman–Crippen LogP) is 5.37. The maximum Gasteiger partial charge on any atom is 0.116 e. The van der Waals surface area contributed by atoms with Crippen molar-refractivity contribution in [2.75, 3.05) is 5.32 Å². The molecule has 118 valence electrons. The van der Waals surface area contributed by atoms with Crippen LogP contribution in [0.3, 0.4) is 0 Å². The fraction of sp³-hybridized carbons (Fsp3) is 0.182. The molecule has 3 aromatic rings. The van der Waals surface area contributed by atoms with E-state index in [1.54, 1.807) is 6.07 Å². The first-order valence-electron chi connectivity index (χ1n) is 8.54. The van der Waals surface area contributed by atoms with Gasteiger partial charge in [-0.3, -0.25) is 0 Å². The predicted molar refractivity (Wildman–Crippen MR) is 98.4 cm³/mol. The van der Waals surface area contributed by atoms with Crippen LogP contribution in [0, 0.1) is 5.92 Å². The van der Waals surface area contributed by atoms with Gasteiger partial charge in [-0.1, -0.05) is 48.6 Å². The van der Waals surface area contributed by atoms with Gasteiger partial charge in [-0.15, -0.1) is 0 Å². The number of phenolic OH excluding ortho intramolecular Hbond substituents is 1. The molecule has 24 heavy (non-hydrogen) atoms. The van der Waals surface area contributed by atoms with Crippen molar-refractivity contribution >= 4 is 16.5 Å². The first-order chi connectivity index (χ1) is 11.8. The Kier molecular flexibility index (Phi) is 2.93. The summed E-state index contributed by atoms with van der Waals surface area (Å²) in [4.78, 5) is 0. The maximum atomic E-state index is 9.86. The van der Waals surface area contributed by atoms with Gasteiger partial charge in [0.25, 0.3) is 0 Å². The highest BCUT2D eigenvalue weighted by atomic mass is 16.3. The quantitative estimate of drug-likeness (QED) is 0.467. The zero-order valence-electron chi connectivity index (χ0n) is 13.3. The molecule has 1 heterocycles. The highest BCUT2D eigenvalue weighted by Gasteiger charge is 2.37. The molecule has 2 N–H and O–H groups in total. The van der Waals surface area contributed by atoms with Crippen molar-refractivity contribution in [3.05, 3.63) is 83.9 Å². The van der Waals surface area contributed by atoms with E-state index in [9.17, 15) is 5.11 Å². The summed E-state index contributed by atoms with van der Waals surface area (Å²) in [5.74, 6) is 1.23. The van der Waals surface area contributed by atoms with Crippen molar-refractivity contribution in [1.29, 1.82) is 0 Å². The van der Waals surface area contributed by atoms with Crippen LogP contribution in [0.2, 0.25) is 0 Å². The normalized spacial score (nSPS) is 24.4. The summed E-state index contributed by atoms with van der Waals surface area (Å²) >= 11 is 0. The lowest BCUT2D eigenvalue weighted by Crippen LogP contribution is -2.28. The summed E-state index contributed by atoms with van der Waals surface area (Å²) < 4.78 is 0. The third-order valence-electron chi connectivity index (χ3n) is 5.48. The summed E-state index contributed by atoms with van der Waals surface area (Å²) in [5, 5.41) is 16.2. The van der Waals surface area contributed by atoms with Crippen LogP contribution < -0.4 is 5.32 Å². The second-order valence-corrected chi connectivity index (χ2v) is 6.85. The molecule has 5 rings (SSSR count). The Labute approximate surface area is 141 Å². The van der Waals surface area contributed by atoms with Crippen LogP contribution in [0.25, 0.3) is 10.8 Å². The van der Waals surface area contributed by atoms with E-state index in [0.29, 0.717) is 23.6 Å². The van der Waals surface area contributed by atoms with Crippen molar-refractivity contribution in [3.63, 3.8) is 0 Å². The van der Waals surface area contributed by atoms with E-state index >= 15 is 0 Å². The Morgan fingerprint density at radius 2 is 1.79 bits per heavy atom. The zero-order chi connectivity index (χ0) is 16.1. The SMILES string of the molecule is Oc1ccc2c(c1)C1C=CCC1C(c1ccc3ccccc3c1)N2. The highest BCUT2D eigenvalue weighted by Crippen LogP contribution is 2.50. The van der Waals surface area contributed by atoms with Gasteiger partial charge in [0.15, 0.2) is 0 Å². The molecule has 0 saturated heterocycles. The molecule has 3 atom stereocenters. The smallest absolute Gasteiger partial charge is 0.116 e. The number of fused-ring (bicyclic) bond motifs is 4. The number of benzene rings is 3. The Bertz CT molecular complexity index is 959. The molecular formula is C22H19NO. The summed E-state index contributed by atoms with van der Waals surface area (Å²) in [6.45, 7) is 0. The second kappa shape index (κ2) is 5.13. The molecule has 3 unspecified atom stereocenters. The molecule has 0 radical (unpaired) electrons. The summed E-state index contributed by atoms with van der Waals surface area (Å²) in [6.07, 6.45) is 5.66. The molecule has 0 bridgehead atoms. The van der Waals surface area contributed by atoms with Gasteiger partial charge in [0.2, 0.25) is 0 Å². The maximum absolute atomic E-state index is 9.86. The number of aromatic hydroxyl groups is 1. The summed E-state index contributed by atoms with van der Waals surface area (Å²) in [7, 11) is 0. The van der Waals surface area contributed by atoms with Gasteiger partial charge in [-0.25, -0.2) is 0 Å². The van der Waals surface area contributed by atoms with Crippen molar-refractivity contribution < 1.29 is 5.11 Å². The van der Waals surface area contributed by atoms with E-state index in [1.165, 1.54) is 21.9 Å². The van der Waals surface area contributed by atoms with Gasteiger partial charge in [-0.2, -0.15) is 0 Å². The molecule has 0 saturated carbocycles. The number of allylic oxidation sites excluding steroid dienone is 2. The van der Waals surface area contributed by atoms with Gasteiger partial charge in [0.1, 0.15) is 5.75 Å². The molecule has 0 amide bonds. The van der Waals surface area contributed by atoms with E-state index in [4.69, 9.17) is 0 Å². The number of hydrogen-bond acceptors (Lipinski definition) is 2. The Hall–Kier alpha value is -2.74. The fourth-order valence-corrected chi connectivity index (χ4v) is 4.31. The molecule has 3 aromatic carbocycles. The molecule has 1 aliphatic heterocycles. The first kappa shape index (κ1) is 13.7. The van der Waals surface area contributed by atoms with E-state index < -0.39 is 0 Å². The van der Waals surface area contributed by atoms with Crippen molar-refractivity contribution in [3.8, 4) is 5.75 Å². The lowest BCUT2D eigenvalue weighted by Gasteiger charge is -2.37. The standard InChI is InChI=1S/C22H19NO/c24-17-10-11-21-20(13-17)18-6-3-7-19(18)22(23-21)16-9-8-14-4-1-2-5-15(14)12-16/h1-6,8-13,18-19,22-24H,7H2. The minimum absolute atomic E-state index is 0.298. The minimum atomic E-state index is 0.298. The summed E-state index contributed by atoms with van der Waals surface area (Å²) in [5.41, 5.74) is 3.69. The molecule has 2 nitrogen and oxygen atoms in total. The van der Waals surface area contributed by atoms with Crippen molar-refractivity contribution in [2.45, 2.75) is 18.4 Å². The number of nitrogens with one attached hydrogen (secondary N) is 1. The average Bonchev–Trinajstić information content (AvgIpc) is 3.11. The van der Waals surface area contributed by atoms with Gasteiger partial charge >= 0.3 is 0 Å². The topological polar surface area (TPSA) is 32.3 Å². The van der Waals surface area contributed by atoms with Crippen molar-refractivity contribution in [1.82, 2.24) is 0 Å². The van der Waals surface area contributed by atoms with Gasteiger partial charge < -0.3 is 10.4 Å². The number of phenols is 1. The zero-order valence-corrected chi connectivity index (χ0v) is 13.3. The number of hydrogen-bond donors (Lipinski definition) is 2. The summed E-state index contributed by atoms with van der Waals surface area (Å²) in [6, 6.07) is 21.3. The highest BCUT2D eigenvalue weighted by molar-refractivity contribution is 5.83. The molecule has 2 aliphatic rings. The van der Waals surface area contributed by atoms with Crippen LogP contribution in [-0.2, 0) is 0 Å². The molecule has 0 spiro atoms. The van der Waals surface area contributed by atoms with Crippen LogP contribution in [-0.4, -0.2) is 5.11 Å². The lowest BCUT2D eigenvalue weighted by molar-refractivity contribution is 0.422. The minimum Gasteiger partial charge on any atom is -0.508 e. The fourth-order valence-electron chi connectivity index (χ4n) is 4.31. The number of rotatable bonds is 1.